The van der Waals surface area contributed by atoms with Crippen LogP contribution in [0.1, 0.15) is 0 Å². The third-order valence-corrected chi connectivity index (χ3v) is 29.0. The smallest absolute Gasteiger partial charge is 0.333 e. The molecule has 22 aromatic carbocycles. The van der Waals surface area contributed by atoms with Crippen molar-refractivity contribution in [2.24, 2.45) is 0 Å². The Bertz CT molecular complexity index is 8340. The van der Waals surface area contributed by atoms with Crippen molar-refractivity contribution in [3.8, 4) is 66.8 Å². The van der Waals surface area contributed by atoms with E-state index in [1.807, 2.05) is 0 Å². The van der Waals surface area contributed by atoms with Crippen molar-refractivity contribution in [2.45, 2.75) is 0 Å². The molecule has 9 aliphatic heterocycles. The van der Waals surface area contributed by atoms with E-state index in [1.165, 1.54) is 260 Å². The molecule has 0 atom stereocenters. The SMILES string of the molecule is c1ccc2c(c1)-c1cccc3c1B1c4c(cccc4N3c3ccc4c(ccc5ccccc54)c3)-c3ccccc3N12.c1ccc2c(c1)-c1cccc3c1B1c4c(cccc4N3c3ccc4c5ccccc5c5ccccc5c4c3)-c3ccccc3N12.c1ccc2c(c1)-c1cccc3c1B1c4c(cccc4N3c3ccc4ccc5ccccc5c4c3)-c3ccccc3N12. The van der Waals surface area contributed by atoms with Crippen LogP contribution in [0.2, 0.25) is 0 Å². The third kappa shape index (κ3) is 9.45. The number of hydrogen-bond donors (Lipinski definition) is 0. The second kappa shape index (κ2) is 26.1. The predicted molar refractivity (Wildman–Crippen MR) is 540 cm³/mol. The lowest BCUT2D eigenvalue weighted by Gasteiger charge is -2.49. The molecule has 0 aliphatic carbocycles. The molecule has 9 aliphatic rings. The first-order chi connectivity index (χ1) is 63.1. The molecule has 127 heavy (non-hydrogen) atoms. The van der Waals surface area contributed by atoms with Crippen LogP contribution < -0.4 is 61.9 Å². The van der Waals surface area contributed by atoms with Crippen LogP contribution >= 0.6 is 0 Å². The van der Waals surface area contributed by atoms with Gasteiger partial charge in [0, 0.05) is 119 Å². The Morgan fingerprint density at radius 1 is 0.126 bits per heavy atom. The van der Waals surface area contributed by atoms with E-state index < -0.39 is 0 Å². The number of rotatable bonds is 3. The molecule has 0 saturated carbocycles. The molecule has 0 amide bonds. The van der Waals surface area contributed by atoms with E-state index in [9.17, 15) is 0 Å². The third-order valence-electron chi connectivity index (χ3n) is 29.0. The van der Waals surface area contributed by atoms with Gasteiger partial charge in [-0.25, -0.2) is 0 Å². The maximum atomic E-state index is 2.60. The van der Waals surface area contributed by atoms with Gasteiger partial charge in [0.1, 0.15) is 0 Å². The molecule has 31 rings (SSSR count). The lowest BCUT2D eigenvalue weighted by Crippen LogP contribution is -2.63. The first kappa shape index (κ1) is 69.2. The van der Waals surface area contributed by atoms with Gasteiger partial charge in [0.15, 0.2) is 0 Å². The van der Waals surface area contributed by atoms with Crippen LogP contribution in [0.5, 0.6) is 0 Å². The average molecular weight is 1610 g/mol. The highest BCUT2D eigenvalue weighted by atomic mass is 15.2. The quantitative estimate of drug-likeness (QED) is 0.129. The number of hydrogen-bond acceptors (Lipinski definition) is 6. The first-order valence-corrected chi connectivity index (χ1v) is 44.4. The summed E-state index contributed by atoms with van der Waals surface area (Å²) in [5, 5.41) is 18.0. The summed E-state index contributed by atoms with van der Waals surface area (Å²) in [5.74, 6) is 0. The molecular formula is C118H71B3N6. The molecule has 0 unspecified atom stereocenters. The summed E-state index contributed by atoms with van der Waals surface area (Å²) in [6.45, 7) is 0.348. The van der Waals surface area contributed by atoms with Crippen LogP contribution in [0.4, 0.5) is 85.3 Å². The van der Waals surface area contributed by atoms with E-state index in [2.05, 4.69) is 460 Å². The van der Waals surface area contributed by atoms with Gasteiger partial charge in [0.2, 0.25) is 0 Å². The van der Waals surface area contributed by atoms with Gasteiger partial charge in [0.05, 0.1) is 0 Å². The van der Waals surface area contributed by atoms with E-state index in [-0.39, 0.29) is 20.5 Å². The zero-order valence-corrected chi connectivity index (χ0v) is 68.9. The summed E-state index contributed by atoms with van der Waals surface area (Å²) in [5.41, 5.74) is 42.8. The lowest BCUT2D eigenvalue weighted by molar-refractivity contribution is 1.26. The minimum atomic E-state index is 0.105. The number of para-hydroxylation sites is 6. The number of benzene rings is 22. The normalized spacial score (nSPS) is 13.7. The number of fused-ring (bicyclic) bond motifs is 30. The van der Waals surface area contributed by atoms with E-state index in [4.69, 9.17) is 0 Å². The zero-order chi connectivity index (χ0) is 82.5. The number of anilines is 15. The second-order valence-corrected chi connectivity index (χ2v) is 35.1. The molecule has 0 spiro atoms. The van der Waals surface area contributed by atoms with E-state index in [1.54, 1.807) is 0 Å². The Balaban J connectivity index is 0.0000000947. The Morgan fingerprint density at radius 3 is 0.669 bits per heavy atom. The highest BCUT2D eigenvalue weighted by molar-refractivity contribution is 6.97. The topological polar surface area (TPSA) is 19.4 Å². The van der Waals surface area contributed by atoms with Crippen LogP contribution in [-0.2, 0) is 0 Å². The van der Waals surface area contributed by atoms with Crippen molar-refractivity contribution in [1.82, 2.24) is 0 Å². The zero-order valence-electron chi connectivity index (χ0n) is 68.9. The van der Waals surface area contributed by atoms with Gasteiger partial charge in [-0.05, 0) is 251 Å². The van der Waals surface area contributed by atoms with Crippen LogP contribution in [-0.4, -0.2) is 20.5 Å². The summed E-state index contributed by atoms with van der Waals surface area (Å²) < 4.78 is 0. The molecule has 9 heteroatoms. The van der Waals surface area contributed by atoms with E-state index >= 15 is 0 Å². The molecule has 22 aromatic rings. The van der Waals surface area contributed by atoms with E-state index in [0.717, 1.165) is 0 Å². The minimum absolute atomic E-state index is 0.105. The fourth-order valence-corrected chi connectivity index (χ4v) is 24.0. The first-order valence-electron chi connectivity index (χ1n) is 44.4. The Hall–Kier alpha value is -16.3. The molecule has 0 radical (unpaired) electrons. The molecule has 0 saturated heterocycles. The summed E-state index contributed by atoms with van der Waals surface area (Å²) in [6.07, 6.45) is 0. The Morgan fingerprint density at radius 2 is 0.331 bits per heavy atom. The standard InChI is InChI=1S/C42H25BN2.2C38H23BN2/c1-2-13-29-27(11-1)28-12-3-4-14-30(28)36-25-26(23-24-31(29)36)44-39-21-9-17-34-32-15-5-7-19-37(32)45-38-20-8-6-16-33(38)35-18-10-22-40(44)42(35)43(45)41(34)39;1-2-10-27-24(9-1)19-20-25-23-26(21-22-28(25)27)40-35-17-7-13-31-29-11-3-5-15-33(29)41-34-16-6-4-12-30(34)32-14-8-18-36(40)38(32)39(41)37(31)35;1-2-10-27-24(9-1)19-20-25-21-22-26(23-32(25)27)40-35-17-7-13-30-28-11-3-5-15-33(28)41-34-16-6-4-12-29(34)31-14-8-18-36(40)38(31)39(41)37(30)35/h1-25H;2*1-23H. The maximum absolute atomic E-state index is 2.60. The molecule has 6 nitrogen and oxygen atoms in total. The highest BCUT2D eigenvalue weighted by Crippen LogP contribution is 2.57. The van der Waals surface area contributed by atoms with Crippen molar-refractivity contribution in [2.75, 3.05) is 29.1 Å². The van der Waals surface area contributed by atoms with Crippen molar-refractivity contribution in [1.29, 1.82) is 0 Å². The minimum Gasteiger partial charge on any atom is -0.376 e. The lowest BCUT2D eigenvalue weighted by atomic mass is 9.41. The van der Waals surface area contributed by atoms with Gasteiger partial charge in [0.25, 0.3) is 0 Å². The van der Waals surface area contributed by atoms with Gasteiger partial charge in [-0.3, -0.25) is 0 Å². The van der Waals surface area contributed by atoms with Gasteiger partial charge < -0.3 is 29.1 Å². The highest BCUT2D eigenvalue weighted by Gasteiger charge is 2.53. The van der Waals surface area contributed by atoms with Crippen molar-refractivity contribution in [3.05, 3.63) is 431 Å². The summed E-state index contributed by atoms with van der Waals surface area (Å²) in [7, 11) is 0. The summed E-state index contributed by atoms with van der Waals surface area (Å²) in [4.78, 5) is 15.3. The monoisotopic (exact) mass is 1600 g/mol. The van der Waals surface area contributed by atoms with Crippen LogP contribution in [0.25, 0.3) is 142 Å². The number of nitrogens with zero attached hydrogens (tertiary/aromatic N) is 6. The molecule has 0 aromatic heterocycles. The second-order valence-electron chi connectivity index (χ2n) is 35.1. The van der Waals surface area contributed by atoms with E-state index in [0.29, 0.717) is 0 Å². The molecule has 582 valence electrons. The predicted octanol–water partition coefficient (Wildman–Crippen LogP) is 27.2. The van der Waals surface area contributed by atoms with Crippen LogP contribution in [0.3, 0.4) is 0 Å². The summed E-state index contributed by atoms with van der Waals surface area (Å²) >= 11 is 0. The fourth-order valence-electron chi connectivity index (χ4n) is 24.0. The van der Waals surface area contributed by atoms with Crippen molar-refractivity contribution in [3.63, 3.8) is 0 Å². The van der Waals surface area contributed by atoms with Gasteiger partial charge in [-0.15, -0.1) is 0 Å². The van der Waals surface area contributed by atoms with Crippen molar-refractivity contribution < 1.29 is 0 Å². The van der Waals surface area contributed by atoms with Gasteiger partial charge in [-0.1, -0.05) is 322 Å². The molecule has 0 fully saturated rings. The van der Waals surface area contributed by atoms with Gasteiger partial charge >= 0.3 is 20.5 Å². The molecule has 0 bridgehead atoms. The Labute approximate surface area is 735 Å². The maximum Gasteiger partial charge on any atom is 0.333 e. The summed E-state index contributed by atoms with van der Waals surface area (Å²) in [6, 6.07) is 160. The van der Waals surface area contributed by atoms with Gasteiger partial charge in [-0.2, -0.15) is 0 Å². The average Bonchev–Trinajstić information content (AvgIpc) is 0.690. The van der Waals surface area contributed by atoms with Crippen LogP contribution in [0.15, 0.2) is 431 Å². The molecule has 0 N–H and O–H groups in total. The largest absolute Gasteiger partial charge is 0.376 e. The Kier molecular flexibility index (Phi) is 14.2. The van der Waals surface area contributed by atoms with Crippen LogP contribution in [0, 0.1) is 0 Å². The van der Waals surface area contributed by atoms with Crippen molar-refractivity contribution >= 4 is 214 Å². The molecule has 9 heterocycles. The fraction of sp³-hybridized carbons (Fsp3) is 0. The molecular weight excluding hydrogens is 1530 g/mol.